The maximum Gasteiger partial charge on any atom is 0.343 e. The number of hydrogen-bond acceptors (Lipinski definition) is 10. The Hall–Kier alpha value is -3.73. The molecule has 2 aromatic carbocycles. The molecule has 2 aliphatic rings. The van der Waals surface area contributed by atoms with Crippen molar-refractivity contribution in [1.29, 1.82) is 0 Å². The average molecular weight is 502 g/mol. The third-order valence-corrected chi connectivity index (χ3v) is 7.26. The van der Waals surface area contributed by atoms with Gasteiger partial charge in [0.2, 0.25) is 9.84 Å². The minimum atomic E-state index is -4.46. The van der Waals surface area contributed by atoms with E-state index in [4.69, 9.17) is 18.9 Å². The van der Waals surface area contributed by atoms with Gasteiger partial charge >= 0.3 is 23.9 Å². The largest absolute Gasteiger partial charge is 0.421 e. The van der Waals surface area contributed by atoms with Crippen LogP contribution in [-0.2, 0) is 38.4 Å². The van der Waals surface area contributed by atoms with Gasteiger partial charge in [0.1, 0.15) is 0 Å². The lowest BCUT2D eigenvalue weighted by atomic mass is 10.1. The number of rotatable bonds is 8. The van der Waals surface area contributed by atoms with Crippen LogP contribution in [-0.4, -0.2) is 32.3 Å². The summed E-state index contributed by atoms with van der Waals surface area (Å²) in [5.74, 6) is -3.15. The molecule has 0 aromatic heterocycles. The summed E-state index contributed by atoms with van der Waals surface area (Å²) < 4.78 is 48.0. The van der Waals surface area contributed by atoms with Gasteiger partial charge in [-0.3, -0.25) is 9.59 Å². The molecule has 0 amide bonds. The number of ether oxygens (including phenoxy) is 4. The summed E-state index contributed by atoms with van der Waals surface area (Å²) in [7, 11) is -4.46. The van der Waals surface area contributed by atoms with Crippen LogP contribution in [0.1, 0.15) is 84.0 Å². The number of cyclic esters (lactones) is 2. The van der Waals surface area contributed by atoms with Gasteiger partial charge in [-0.05, 0) is 25.0 Å². The summed E-state index contributed by atoms with van der Waals surface area (Å²) in [6, 6.07) is 8.01. The first-order chi connectivity index (χ1) is 16.7. The first-order valence-corrected chi connectivity index (χ1v) is 12.5. The van der Waals surface area contributed by atoms with Crippen molar-refractivity contribution in [3.05, 3.63) is 58.7 Å². The van der Waals surface area contributed by atoms with Crippen LogP contribution < -0.4 is 0 Å². The molecule has 2 unspecified atom stereocenters. The highest BCUT2D eigenvalue weighted by atomic mass is 32.2. The molecule has 0 fully saturated rings. The molecule has 2 aromatic rings. The second kappa shape index (κ2) is 9.49. The number of benzene rings is 2. The van der Waals surface area contributed by atoms with E-state index in [1.165, 1.54) is 36.4 Å². The Morgan fingerprint density at radius 2 is 1.17 bits per heavy atom. The zero-order valence-corrected chi connectivity index (χ0v) is 19.8. The summed E-state index contributed by atoms with van der Waals surface area (Å²) in [5, 5.41) is 0. The molecule has 0 aliphatic carbocycles. The molecule has 10 nitrogen and oxygen atoms in total. The van der Waals surface area contributed by atoms with Gasteiger partial charge in [-0.2, -0.15) is 0 Å². The minimum absolute atomic E-state index is 0.0852. The SMILES string of the molecule is CCCC(=O)OC1OC(=O)c2c1cccc2S(=O)(=O)c1cccc2c1C(=O)OC2OC(=O)CCC. The van der Waals surface area contributed by atoms with Crippen molar-refractivity contribution in [3.63, 3.8) is 0 Å². The van der Waals surface area contributed by atoms with E-state index < -0.39 is 56.1 Å². The molecule has 0 saturated carbocycles. The predicted molar refractivity (Wildman–Crippen MR) is 117 cm³/mol. The van der Waals surface area contributed by atoms with E-state index in [-0.39, 0.29) is 35.1 Å². The quantitative estimate of drug-likeness (QED) is 0.492. The van der Waals surface area contributed by atoms with E-state index in [2.05, 4.69) is 0 Å². The number of hydrogen-bond donors (Lipinski definition) is 0. The Balaban J connectivity index is 1.75. The summed E-state index contributed by atoms with van der Waals surface area (Å²) in [6.07, 6.45) is -1.51. The second-order valence-electron chi connectivity index (χ2n) is 7.90. The van der Waals surface area contributed by atoms with Crippen molar-refractivity contribution in [1.82, 2.24) is 0 Å². The molecular formula is C24H22O10S. The summed E-state index contributed by atoms with van der Waals surface area (Å²) in [4.78, 5) is 48.2. The maximum atomic E-state index is 13.7. The van der Waals surface area contributed by atoms with Crippen molar-refractivity contribution in [2.45, 2.75) is 61.9 Å². The number of carbonyl (C=O) groups excluding carboxylic acids is 4. The standard InChI is InChI=1S/C24H22O10S/c1-3-7-17(25)31-23-13-9-5-11-15(19(13)21(27)33-23)35(29,30)16-12-6-10-14-20(16)22(28)34-24(14)32-18(26)8-4-2/h5-6,9-12,23-24H,3-4,7-8H2,1-2H3. The van der Waals surface area contributed by atoms with Crippen LogP contribution in [0.25, 0.3) is 0 Å². The monoisotopic (exact) mass is 502 g/mol. The highest BCUT2D eigenvalue weighted by Crippen LogP contribution is 2.41. The zero-order valence-electron chi connectivity index (χ0n) is 18.9. The van der Waals surface area contributed by atoms with E-state index in [0.717, 1.165) is 0 Å². The highest BCUT2D eigenvalue weighted by molar-refractivity contribution is 7.91. The van der Waals surface area contributed by atoms with Crippen LogP contribution in [0.15, 0.2) is 46.2 Å². The lowest BCUT2D eigenvalue weighted by Crippen LogP contribution is -2.12. The Bertz CT molecular complexity index is 1230. The lowest BCUT2D eigenvalue weighted by Gasteiger charge is -2.13. The fourth-order valence-electron chi connectivity index (χ4n) is 3.87. The summed E-state index contributed by atoms with van der Waals surface area (Å²) >= 11 is 0. The molecule has 11 heteroatoms. The Labute approximate surface area is 201 Å². The Morgan fingerprint density at radius 1 is 0.771 bits per heavy atom. The molecule has 35 heavy (non-hydrogen) atoms. The van der Waals surface area contributed by atoms with Crippen LogP contribution in [0.2, 0.25) is 0 Å². The van der Waals surface area contributed by atoms with E-state index in [1.807, 2.05) is 0 Å². The van der Waals surface area contributed by atoms with Gasteiger partial charge in [0.15, 0.2) is 0 Å². The van der Waals surface area contributed by atoms with E-state index in [0.29, 0.717) is 12.8 Å². The molecular weight excluding hydrogens is 480 g/mol. The molecule has 2 aliphatic heterocycles. The maximum absolute atomic E-state index is 13.7. The molecule has 184 valence electrons. The average Bonchev–Trinajstić information content (AvgIpc) is 3.30. The Morgan fingerprint density at radius 3 is 1.54 bits per heavy atom. The summed E-state index contributed by atoms with van der Waals surface area (Å²) in [6.45, 7) is 3.55. The van der Waals surface area contributed by atoms with Crippen LogP contribution >= 0.6 is 0 Å². The molecule has 0 N–H and O–H groups in total. The van der Waals surface area contributed by atoms with Crippen molar-refractivity contribution >= 4 is 33.7 Å². The van der Waals surface area contributed by atoms with E-state index in [9.17, 15) is 27.6 Å². The van der Waals surface area contributed by atoms with Gasteiger partial charge in [0, 0.05) is 24.0 Å². The van der Waals surface area contributed by atoms with Gasteiger partial charge in [-0.1, -0.05) is 38.1 Å². The molecule has 0 saturated heterocycles. The third-order valence-electron chi connectivity index (χ3n) is 5.43. The number of esters is 4. The Kier molecular flexibility index (Phi) is 6.62. The molecule has 2 heterocycles. The highest BCUT2D eigenvalue weighted by Gasteiger charge is 2.43. The third kappa shape index (κ3) is 4.39. The van der Waals surface area contributed by atoms with E-state index in [1.54, 1.807) is 13.8 Å². The van der Waals surface area contributed by atoms with E-state index >= 15 is 0 Å². The van der Waals surface area contributed by atoms with Gasteiger partial charge in [0.05, 0.1) is 20.9 Å². The molecule has 0 radical (unpaired) electrons. The van der Waals surface area contributed by atoms with Crippen molar-refractivity contribution < 1.29 is 46.5 Å². The normalized spacial score (nSPS) is 18.3. The number of carbonyl (C=O) groups is 4. The lowest BCUT2D eigenvalue weighted by molar-refractivity contribution is -0.169. The van der Waals surface area contributed by atoms with Crippen molar-refractivity contribution in [3.8, 4) is 0 Å². The molecule has 2 atom stereocenters. The van der Waals surface area contributed by atoms with Gasteiger partial charge in [0.25, 0.3) is 12.6 Å². The van der Waals surface area contributed by atoms with Gasteiger partial charge in [-0.15, -0.1) is 0 Å². The van der Waals surface area contributed by atoms with Crippen LogP contribution in [0.4, 0.5) is 0 Å². The zero-order chi connectivity index (χ0) is 25.3. The molecule has 4 rings (SSSR count). The minimum Gasteiger partial charge on any atom is -0.421 e. The molecule has 0 spiro atoms. The number of sulfone groups is 1. The van der Waals surface area contributed by atoms with Gasteiger partial charge in [-0.25, -0.2) is 18.0 Å². The van der Waals surface area contributed by atoms with Crippen molar-refractivity contribution in [2.24, 2.45) is 0 Å². The topological polar surface area (TPSA) is 139 Å². The second-order valence-corrected chi connectivity index (χ2v) is 9.78. The first-order valence-electron chi connectivity index (χ1n) is 11.0. The molecule has 0 bridgehead atoms. The van der Waals surface area contributed by atoms with Crippen LogP contribution in [0, 0.1) is 0 Å². The fraction of sp³-hybridized carbons (Fsp3) is 0.333. The van der Waals surface area contributed by atoms with Crippen LogP contribution in [0.5, 0.6) is 0 Å². The van der Waals surface area contributed by atoms with Crippen LogP contribution in [0.3, 0.4) is 0 Å². The fourth-order valence-corrected chi connectivity index (χ4v) is 5.56. The smallest absolute Gasteiger partial charge is 0.343 e. The number of fused-ring (bicyclic) bond motifs is 2. The summed E-state index contributed by atoms with van der Waals surface area (Å²) in [5.41, 5.74) is -0.391. The predicted octanol–water partition coefficient (Wildman–Crippen LogP) is 3.54. The first kappa shape index (κ1) is 24.4. The van der Waals surface area contributed by atoms with Gasteiger partial charge < -0.3 is 18.9 Å². The van der Waals surface area contributed by atoms with Crippen molar-refractivity contribution in [2.75, 3.05) is 0 Å².